The third-order valence-electron chi connectivity index (χ3n) is 3.92. The zero-order valence-corrected chi connectivity index (χ0v) is 13.6. The molecule has 1 aliphatic heterocycles. The lowest BCUT2D eigenvalue weighted by atomic mass is 9.91. The van der Waals surface area contributed by atoms with Gasteiger partial charge in [-0.3, -0.25) is 0 Å². The van der Waals surface area contributed by atoms with E-state index in [-0.39, 0.29) is 11.6 Å². The highest BCUT2D eigenvalue weighted by Crippen LogP contribution is 2.36. The molecule has 0 saturated heterocycles. The molecule has 118 valence electrons. The summed E-state index contributed by atoms with van der Waals surface area (Å²) in [4.78, 5) is 0. The lowest BCUT2D eigenvalue weighted by molar-refractivity contribution is -0.0111. The van der Waals surface area contributed by atoms with Crippen molar-refractivity contribution in [1.82, 2.24) is 5.32 Å². The molecule has 1 heterocycles. The summed E-state index contributed by atoms with van der Waals surface area (Å²) in [5.41, 5.74) is 0.870. The second kappa shape index (κ2) is 7.14. The number of hydrogen-bond donors (Lipinski definition) is 1. The highest BCUT2D eigenvalue weighted by molar-refractivity contribution is 5.44. The van der Waals surface area contributed by atoms with Gasteiger partial charge in [0.15, 0.2) is 11.5 Å². The molecule has 21 heavy (non-hydrogen) atoms. The van der Waals surface area contributed by atoms with Crippen LogP contribution in [0.2, 0.25) is 0 Å². The van der Waals surface area contributed by atoms with E-state index in [9.17, 15) is 0 Å². The Balaban J connectivity index is 2.29. The van der Waals surface area contributed by atoms with Gasteiger partial charge in [0.1, 0.15) is 0 Å². The van der Waals surface area contributed by atoms with E-state index < -0.39 is 0 Å². The van der Waals surface area contributed by atoms with E-state index in [1.54, 1.807) is 7.11 Å². The van der Waals surface area contributed by atoms with Gasteiger partial charge in [-0.2, -0.15) is 0 Å². The summed E-state index contributed by atoms with van der Waals surface area (Å²) in [5.74, 6) is 1.67. The quantitative estimate of drug-likeness (QED) is 0.873. The molecule has 0 saturated carbocycles. The van der Waals surface area contributed by atoms with Crippen LogP contribution in [0.4, 0.5) is 0 Å². The minimum absolute atomic E-state index is 0.111. The summed E-state index contributed by atoms with van der Waals surface area (Å²) in [7, 11) is 1.75. The molecule has 0 aliphatic carbocycles. The third kappa shape index (κ3) is 3.89. The minimum Gasteiger partial charge on any atom is -0.490 e. The van der Waals surface area contributed by atoms with Crippen LogP contribution in [0.1, 0.15) is 45.2 Å². The molecule has 1 atom stereocenters. The van der Waals surface area contributed by atoms with Gasteiger partial charge in [-0.25, -0.2) is 0 Å². The standard InChI is InChI=1S/C17H27NO3/c1-5-9-18-16(17(2,3)19-4)13-7-8-14-15(12-13)21-11-6-10-20-14/h7-8,12,16,18H,5-6,9-11H2,1-4H3. The first-order valence-corrected chi connectivity index (χ1v) is 7.76. The molecule has 0 spiro atoms. The maximum atomic E-state index is 5.80. The molecule has 0 amide bonds. The Hall–Kier alpha value is -1.26. The molecule has 0 fully saturated rings. The van der Waals surface area contributed by atoms with Crippen molar-refractivity contribution in [2.75, 3.05) is 26.9 Å². The first kappa shape index (κ1) is 16.1. The highest BCUT2D eigenvalue weighted by atomic mass is 16.5. The topological polar surface area (TPSA) is 39.7 Å². The summed E-state index contributed by atoms with van der Waals surface area (Å²) in [6.45, 7) is 8.74. The molecule has 0 aromatic heterocycles. The summed E-state index contributed by atoms with van der Waals surface area (Å²) in [6, 6.07) is 6.29. The van der Waals surface area contributed by atoms with E-state index in [0.29, 0.717) is 13.2 Å². The van der Waals surface area contributed by atoms with E-state index >= 15 is 0 Å². The number of hydrogen-bond acceptors (Lipinski definition) is 4. The van der Waals surface area contributed by atoms with Crippen molar-refractivity contribution in [3.05, 3.63) is 23.8 Å². The zero-order chi connectivity index (χ0) is 15.3. The molecule has 1 aliphatic rings. The lowest BCUT2D eigenvalue weighted by Gasteiger charge is -2.34. The van der Waals surface area contributed by atoms with Gasteiger partial charge in [-0.1, -0.05) is 13.0 Å². The Morgan fingerprint density at radius 3 is 2.62 bits per heavy atom. The van der Waals surface area contributed by atoms with Crippen LogP contribution in [0.5, 0.6) is 11.5 Å². The number of ether oxygens (including phenoxy) is 3. The van der Waals surface area contributed by atoms with E-state index in [1.165, 1.54) is 5.56 Å². The summed E-state index contributed by atoms with van der Waals surface area (Å²) < 4.78 is 17.2. The predicted molar refractivity (Wildman–Crippen MR) is 84.2 cm³/mol. The average molecular weight is 293 g/mol. The number of benzene rings is 1. The van der Waals surface area contributed by atoms with Crippen molar-refractivity contribution in [2.24, 2.45) is 0 Å². The molecule has 2 rings (SSSR count). The summed E-state index contributed by atoms with van der Waals surface area (Å²) in [6.07, 6.45) is 2.01. The normalized spacial score (nSPS) is 16.4. The van der Waals surface area contributed by atoms with Crippen LogP contribution >= 0.6 is 0 Å². The van der Waals surface area contributed by atoms with Gasteiger partial charge in [-0.15, -0.1) is 0 Å². The number of nitrogens with one attached hydrogen (secondary N) is 1. The maximum absolute atomic E-state index is 5.80. The smallest absolute Gasteiger partial charge is 0.161 e. The van der Waals surface area contributed by atoms with Crippen LogP contribution in [0.3, 0.4) is 0 Å². The van der Waals surface area contributed by atoms with Crippen molar-refractivity contribution in [3.8, 4) is 11.5 Å². The molecule has 0 radical (unpaired) electrons. The molecule has 4 heteroatoms. The van der Waals surface area contributed by atoms with Crippen LogP contribution in [-0.4, -0.2) is 32.5 Å². The summed E-state index contributed by atoms with van der Waals surface area (Å²) in [5, 5.41) is 3.58. The Morgan fingerprint density at radius 1 is 1.24 bits per heavy atom. The van der Waals surface area contributed by atoms with Crippen molar-refractivity contribution >= 4 is 0 Å². The number of rotatable bonds is 6. The Bertz CT molecular complexity index is 459. The van der Waals surface area contributed by atoms with Gasteiger partial charge in [0.25, 0.3) is 0 Å². The van der Waals surface area contributed by atoms with Crippen LogP contribution in [0, 0.1) is 0 Å². The largest absolute Gasteiger partial charge is 0.490 e. The monoisotopic (exact) mass is 293 g/mol. The second-order valence-corrected chi connectivity index (χ2v) is 5.95. The van der Waals surface area contributed by atoms with Gasteiger partial charge in [0, 0.05) is 13.5 Å². The van der Waals surface area contributed by atoms with Gasteiger partial charge >= 0.3 is 0 Å². The lowest BCUT2D eigenvalue weighted by Crippen LogP contribution is -2.41. The zero-order valence-electron chi connectivity index (χ0n) is 13.6. The van der Waals surface area contributed by atoms with Gasteiger partial charge in [-0.05, 0) is 44.5 Å². The number of fused-ring (bicyclic) bond motifs is 1. The van der Waals surface area contributed by atoms with Gasteiger partial charge in [0.2, 0.25) is 0 Å². The third-order valence-corrected chi connectivity index (χ3v) is 3.92. The fourth-order valence-corrected chi connectivity index (χ4v) is 2.53. The molecule has 1 aromatic carbocycles. The van der Waals surface area contributed by atoms with E-state index in [2.05, 4.69) is 38.2 Å². The summed E-state index contributed by atoms with van der Waals surface area (Å²) >= 11 is 0. The van der Waals surface area contributed by atoms with Crippen LogP contribution in [0.25, 0.3) is 0 Å². The maximum Gasteiger partial charge on any atom is 0.161 e. The molecule has 4 nitrogen and oxygen atoms in total. The second-order valence-electron chi connectivity index (χ2n) is 5.95. The molecular weight excluding hydrogens is 266 g/mol. The Morgan fingerprint density at radius 2 is 1.95 bits per heavy atom. The minimum atomic E-state index is -0.297. The van der Waals surface area contributed by atoms with Crippen LogP contribution in [-0.2, 0) is 4.74 Å². The SMILES string of the molecule is CCCNC(c1ccc2c(c1)OCCCO2)C(C)(C)OC. The molecule has 1 N–H and O–H groups in total. The van der Waals surface area contributed by atoms with Crippen LogP contribution in [0.15, 0.2) is 18.2 Å². The number of methoxy groups -OCH3 is 1. The van der Waals surface area contributed by atoms with E-state index in [1.807, 2.05) is 6.07 Å². The first-order valence-electron chi connectivity index (χ1n) is 7.76. The Labute approximate surface area is 127 Å². The fourth-order valence-electron chi connectivity index (χ4n) is 2.53. The van der Waals surface area contributed by atoms with Gasteiger partial charge < -0.3 is 19.5 Å². The first-order chi connectivity index (χ1) is 10.1. The van der Waals surface area contributed by atoms with E-state index in [4.69, 9.17) is 14.2 Å². The van der Waals surface area contributed by atoms with Crippen molar-refractivity contribution in [2.45, 2.75) is 45.3 Å². The van der Waals surface area contributed by atoms with Crippen molar-refractivity contribution < 1.29 is 14.2 Å². The predicted octanol–water partition coefficient (Wildman–Crippen LogP) is 3.31. The Kier molecular flexibility index (Phi) is 5.48. The van der Waals surface area contributed by atoms with Crippen LogP contribution < -0.4 is 14.8 Å². The van der Waals surface area contributed by atoms with Crippen molar-refractivity contribution in [3.63, 3.8) is 0 Å². The van der Waals surface area contributed by atoms with E-state index in [0.717, 1.165) is 30.9 Å². The van der Waals surface area contributed by atoms with Crippen molar-refractivity contribution in [1.29, 1.82) is 0 Å². The fraction of sp³-hybridized carbons (Fsp3) is 0.647. The highest BCUT2D eigenvalue weighted by Gasteiger charge is 2.31. The molecular formula is C17H27NO3. The molecule has 1 aromatic rings. The molecule has 0 bridgehead atoms. The van der Waals surface area contributed by atoms with Gasteiger partial charge in [0.05, 0.1) is 24.9 Å². The average Bonchev–Trinajstić information content (AvgIpc) is 2.72. The molecule has 1 unspecified atom stereocenters.